The van der Waals surface area contributed by atoms with Gasteiger partial charge in [0, 0.05) is 19.7 Å². The molecule has 0 amide bonds. The van der Waals surface area contributed by atoms with Gasteiger partial charge in [-0.3, -0.25) is 0 Å². The van der Waals surface area contributed by atoms with E-state index in [-0.39, 0.29) is 6.10 Å². The molecular weight excluding hydrogens is 262 g/mol. The van der Waals surface area contributed by atoms with Crippen LogP contribution in [0.1, 0.15) is 72.1 Å². The highest BCUT2D eigenvalue weighted by atomic mass is 16.5. The summed E-state index contributed by atoms with van der Waals surface area (Å²) in [5, 5.41) is 13.3. The van der Waals surface area contributed by atoms with Crippen LogP contribution in [0.5, 0.6) is 0 Å². The minimum Gasteiger partial charge on any atom is -0.389 e. The van der Waals surface area contributed by atoms with E-state index in [1.54, 1.807) is 0 Å². The fourth-order valence-corrected chi connectivity index (χ4v) is 2.87. The predicted octanol–water partition coefficient (Wildman–Crippen LogP) is 3.75. The van der Waals surface area contributed by atoms with E-state index < -0.39 is 0 Å². The van der Waals surface area contributed by atoms with Gasteiger partial charge in [-0.1, -0.05) is 52.9 Å². The van der Waals surface area contributed by atoms with Crippen LogP contribution in [0.4, 0.5) is 0 Å². The van der Waals surface area contributed by atoms with Crippen LogP contribution in [0, 0.1) is 11.3 Å². The van der Waals surface area contributed by atoms with Crippen molar-refractivity contribution in [2.75, 3.05) is 26.3 Å². The molecule has 1 fully saturated rings. The van der Waals surface area contributed by atoms with Gasteiger partial charge in [0.2, 0.25) is 0 Å². The van der Waals surface area contributed by atoms with Crippen LogP contribution < -0.4 is 5.32 Å². The van der Waals surface area contributed by atoms with Gasteiger partial charge < -0.3 is 15.2 Å². The van der Waals surface area contributed by atoms with E-state index in [2.05, 4.69) is 26.1 Å². The first-order valence-corrected chi connectivity index (χ1v) is 9.07. The number of nitrogens with one attached hydrogen (secondary N) is 1. The molecule has 0 heterocycles. The highest BCUT2D eigenvalue weighted by Crippen LogP contribution is 2.51. The van der Waals surface area contributed by atoms with Crippen LogP contribution in [0.3, 0.4) is 0 Å². The Morgan fingerprint density at radius 2 is 1.76 bits per heavy atom. The fourth-order valence-electron chi connectivity index (χ4n) is 2.87. The topological polar surface area (TPSA) is 41.5 Å². The SMILES string of the molecule is CCCCCCCCOCC(O)CNCC1(C(C)C)CC1. The lowest BCUT2D eigenvalue weighted by atomic mass is 9.92. The molecule has 0 aliphatic heterocycles. The molecule has 0 aromatic rings. The number of hydrogen-bond acceptors (Lipinski definition) is 3. The van der Waals surface area contributed by atoms with Crippen molar-refractivity contribution in [2.45, 2.75) is 78.2 Å². The standard InChI is InChI=1S/C18H37NO2/c1-4-5-6-7-8-9-12-21-14-17(20)13-19-15-18(10-11-18)16(2)3/h16-17,19-20H,4-15H2,1-3H3. The fraction of sp³-hybridized carbons (Fsp3) is 1.00. The van der Waals surface area contributed by atoms with Gasteiger partial charge >= 0.3 is 0 Å². The first kappa shape index (κ1) is 18.9. The van der Waals surface area contributed by atoms with Crippen molar-refractivity contribution in [1.29, 1.82) is 0 Å². The number of hydrogen-bond donors (Lipinski definition) is 2. The second kappa shape index (κ2) is 10.6. The minimum absolute atomic E-state index is 0.368. The molecule has 0 bridgehead atoms. The van der Waals surface area contributed by atoms with Crippen LogP contribution in [0.2, 0.25) is 0 Å². The van der Waals surface area contributed by atoms with Gasteiger partial charge in [-0.2, -0.15) is 0 Å². The number of aliphatic hydroxyl groups excluding tert-OH is 1. The second-order valence-electron chi connectivity index (χ2n) is 7.14. The average molecular weight is 299 g/mol. The van der Waals surface area contributed by atoms with Crippen molar-refractivity contribution in [3.05, 3.63) is 0 Å². The number of ether oxygens (including phenoxy) is 1. The summed E-state index contributed by atoms with van der Waals surface area (Å²) in [6.45, 7) is 9.80. The molecule has 1 atom stereocenters. The summed E-state index contributed by atoms with van der Waals surface area (Å²) in [7, 11) is 0. The number of rotatable bonds is 14. The van der Waals surface area contributed by atoms with Crippen LogP contribution in [-0.2, 0) is 4.74 Å². The van der Waals surface area contributed by atoms with Crippen LogP contribution in [0.15, 0.2) is 0 Å². The van der Waals surface area contributed by atoms with Crippen LogP contribution in [0.25, 0.3) is 0 Å². The van der Waals surface area contributed by atoms with Crippen molar-refractivity contribution < 1.29 is 9.84 Å². The second-order valence-corrected chi connectivity index (χ2v) is 7.14. The lowest BCUT2D eigenvalue weighted by Gasteiger charge is -2.21. The van der Waals surface area contributed by atoms with E-state index in [1.165, 1.54) is 44.9 Å². The Bertz CT molecular complexity index is 252. The quantitative estimate of drug-likeness (QED) is 0.480. The number of aliphatic hydroxyl groups is 1. The maximum Gasteiger partial charge on any atom is 0.0897 e. The van der Waals surface area contributed by atoms with E-state index in [9.17, 15) is 5.11 Å². The molecule has 3 nitrogen and oxygen atoms in total. The Balaban J connectivity index is 1.87. The van der Waals surface area contributed by atoms with Crippen molar-refractivity contribution in [2.24, 2.45) is 11.3 Å². The molecule has 0 spiro atoms. The Hall–Kier alpha value is -0.120. The molecule has 126 valence electrons. The van der Waals surface area contributed by atoms with Gasteiger partial charge in [-0.05, 0) is 30.6 Å². The van der Waals surface area contributed by atoms with Crippen molar-refractivity contribution >= 4 is 0 Å². The summed E-state index contributed by atoms with van der Waals surface area (Å²) in [4.78, 5) is 0. The zero-order valence-electron chi connectivity index (χ0n) is 14.5. The largest absolute Gasteiger partial charge is 0.389 e. The highest BCUT2D eigenvalue weighted by Gasteiger charge is 2.44. The highest BCUT2D eigenvalue weighted by molar-refractivity contribution is 4.97. The predicted molar refractivity (Wildman–Crippen MR) is 89.6 cm³/mol. The molecular formula is C18H37NO2. The van der Waals surface area contributed by atoms with Gasteiger partial charge in [0.25, 0.3) is 0 Å². The van der Waals surface area contributed by atoms with E-state index in [1.807, 2.05) is 0 Å². The third-order valence-electron chi connectivity index (χ3n) is 4.93. The van der Waals surface area contributed by atoms with Crippen LogP contribution >= 0.6 is 0 Å². The van der Waals surface area contributed by atoms with E-state index in [4.69, 9.17) is 4.74 Å². The molecule has 1 aliphatic rings. The molecule has 0 aromatic heterocycles. The van der Waals surface area contributed by atoms with Gasteiger partial charge in [-0.15, -0.1) is 0 Å². The molecule has 21 heavy (non-hydrogen) atoms. The first-order valence-electron chi connectivity index (χ1n) is 9.07. The van der Waals surface area contributed by atoms with Gasteiger partial charge in [0.05, 0.1) is 12.7 Å². The minimum atomic E-state index is -0.368. The third-order valence-corrected chi connectivity index (χ3v) is 4.93. The normalized spacial score (nSPS) is 18.1. The van der Waals surface area contributed by atoms with Crippen LogP contribution in [-0.4, -0.2) is 37.5 Å². The average Bonchev–Trinajstić information content (AvgIpc) is 3.23. The summed E-state index contributed by atoms with van der Waals surface area (Å²) in [6, 6.07) is 0. The van der Waals surface area contributed by atoms with Crippen molar-refractivity contribution in [3.8, 4) is 0 Å². The van der Waals surface area contributed by atoms with Gasteiger partial charge in [0.15, 0.2) is 0 Å². The monoisotopic (exact) mass is 299 g/mol. The summed E-state index contributed by atoms with van der Waals surface area (Å²) in [5.74, 6) is 0.742. The van der Waals surface area contributed by atoms with Gasteiger partial charge in [-0.25, -0.2) is 0 Å². The zero-order chi connectivity index (χ0) is 15.6. The molecule has 0 saturated heterocycles. The van der Waals surface area contributed by atoms with E-state index in [0.29, 0.717) is 18.6 Å². The van der Waals surface area contributed by atoms with Crippen molar-refractivity contribution in [1.82, 2.24) is 5.32 Å². The summed E-state index contributed by atoms with van der Waals surface area (Å²) in [5.41, 5.74) is 0.513. The maximum atomic E-state index is 9.89. The molecule has 1 aliphatic carbocycles. The molecule has 1 saturated carbocycles. The lowest BCUT2D eigenvalue weighted by Crippen LogP contribution is -2.35. The maximum absolute atomic E-state index is 9.89. The first-order chi connectivity index (χ1) is 10.1. The summed E-state index contributed by atoms with van der Waals surface area (Å²) in [6.07, 6.45) is 10.00. The van der Waals surface area contributed by atoms with Crippen molar-refractivity contribution in [3.63, 3.8) is 0 Å². The molecule has 1 rings (SSSR count). The molecule has 2 N–H and O–H groups in total. The molecule has 1 unspecified atom stereocenters. The summed E-state index contributed by atoms with van der Waals surface area (Å²) < 4.78 is 5.56. The lowest BCUT2D eigenvalue weighted by molar-refractivity contribution is 0.0346. The smallest absolute Gasteiger partial charge is 0.0897 e. The Morgan fingerprint density at radius 3 is 2.38 bits per heavy atom. The molecule has 3 heteroatoms. The van der Waals surface area contributed by atoms with Gasteiger partial charge in [0.1, 0.15) is 0 Å². The van der Waals surface area contributed by atoms with E-state index >= 15 is 0 Å². The summed E-state index contributed by atoms with van der Waals surface area (Å²) >= 11 is 0. The molecule has 0 aromatic carbocycles. The van der Waals surface area contributed by atoms with E-state index in [0.717, 1.165) is 25.5 Å². The Kier molecular flexibility index (Phi) is 9.54. The Labute approximate surface area is 131 Å². The molecule has 0 radical (unpaired) electrons. The number of unbranched alkanes of at least 4 members (excludes halogenated alkanes) is 5. The zero-order valence-corrected chi connectivity index (χ0v) is 14.5. The Morgan fingerprint density at radius 1 is 1.10 bits per heavy atom. The third kappa shape index (κ3) is 8.18.